The number of halogens is 1. The van der Waals surface area contributed by atoms with Crippen LogP contribution >= 0.6 is 22.6 Å². The molecule has 84 valence electrons. The number of hydrogen-bond donors (Lipinski definition) is 1. The first kappa shape index (κ1) is 10.5. The van der Waals surface area contributed by atoms with Gasteiger partial charge in [0.2, 0.25) is 5.71 Å². The summed E-state index contributed by atoms with van der Waals surface area (Å²) < 4.78 is 6.16. The molecule has 0 saturated carbocycles. The average molecular weight is 338 g/mol. The maximum absolute atomic E-state index is 11.8. The van der Waals surface area contributed by atoms with Gasteiger partial charge in [0.1, 0.15) is 5.39 Å². The summed E-state index contributed by atoms with van der Waals surface area (Å²) in [7, 11) is 0. The number of furan rings is 1. The van der Waals surface area contributed by atoms with E-state index in [1.54, 1.807) is 0 Å². The molecule has 1 N–H and O–H groups in total. The quantitative estimate of drug-likeness (QED) is 0.694. The van der Waals surface area contributed by atoms with Crippen molar-refractivity contribution >= 4 is 33.7 Å². The third-order valence-corrected chi connectivity index (χ3v) is 3.27. The van der Waals surface area contributed by atoms with Gasteiger partial charge < -0.3 is 9.40 Å². The SMILES string of the molecule is O=c1[nH]cnc2oc(I)c(-c3ccccc3)c12. The van der Waals surface area contributed by atoms with Crippen LogP contribution < -0.4 is 5.56 Å². The normalized spacial score (nSPS) is 10.9. The van der Waals surface area contributed by atoms with Gasteiger partial charge in [-0.15, -0.1) is 0 Å². The van der Waals surface area contributed by atoms with Crippen molar-refractivity contribution in [2.45, 2.75) is 0 Å². The molecule has 0 radical (unpaired) electrons. The van der Waals surface area contributed by atoms with Crippen molar-refractivity contribution in [2.75, 3.05) is 0 Å². The molecule has 0 aliphatic carbocycles. The monoisotopic (exact) mass is 338 g/mol. The Morgan fingerprint density at radius 3 is 2.76 bits per heavy atom. The van der Waals surface area contributed by atoms with Gasteiger partial charge in [0.05, 0.1) is 6.33 Å². The zero-order valence-corrected chi connectivity index (χ0v) is 10.8. The Hall–Kier alpha value is -1.63. The van der Waals surface area contributed by atoms with Crippen LogP contribution in [0.5, 0.6) is 0 Å². The lowest BCUT2D eigenvalue weighted by Crippen LogP contribution is -2.05. The molecule has 3 aromatic rings. The van der Waals surface area contributed by atoms with Gasteiger partial charge in [-0.25, -0.2) is 4.98 Å². The highest BCUT2D eigenvalue weighted by Crippen LogP contribution is 2.32. The van der Waals surface area contributed by atoms with Crippen molar-refractivity contribution in [1.82, 2.24) is 9.97 Å². The fraction of sp³-hybridized carbons (Fsp3) is 0. The zero-order chi connectivity index (χ0) is 11.8. The van der Waals surface area contributed by atoms with E-state index in [1.165, 1.54) is 6.33 Å². The van der Waals surface area contributed by atoms with E-state index in [2.05, 4.69) is 32.6 Å². The molecule has 0 aliphatic heterocycles. The van der Waals surface area contributed by atoms with Crippen LogP contribution in [-0.4, -0.2) is 9.97 Å². The van der Waals surface area contributed by atoms with Crippen molar-refractivity contribution in [1.29, 1.82) is 0 Å². The molecule has 4 nitrogen and oxygen atoms in total. The predicted molar refractivity (Wildman–Crippen MR) is 72.8 cm³/mol. The molecule has 2 heterocycles. The second-order valence-electron chi connectivity index (χ2n) is 3.53. The Bertz CT molecular complexity index is 731. The van der Waals surface area contributed by atoms with E-state index in [9.17, 15) is 4.79 Å². The Kier molecular flexibility index (Phi) is 2.47. The minimum absolute atomic E-state index is 0.180. The molecule has 17 heavy (non-hydrogen) atoms. The molecule has 0 unspecified atom stereocenters. The second kappa shape index (κ2) is 3.99. The highest BCUT2D eigenvalue weighted by Gasteiger charge is 2.17. The number of H-pyrrole nitrogens is 1. The van der Waals surface area contributed by atoms with Crippen LogP contribution in [-0.2, 0) is 0 Å². The minimum Gasteiger partial charge on any atom is -0.431 e. The summed E-state index contributed by atoms with van der Waals surface area (Å²) in [5.74, 6) is 0. The van der Waals surface area contributed by atoms with Gasteiger partial charge in [-0.1, -0.05) is 30.3 Å². The summed E-state index contributed by atoms with van der Waals surface area (Å²) in [6.45, 7) is 0. The van der Waals surface area contributed by atoms with Crippen LogP contribution in [0.1, 0.15) is 0 Å². The number of aromatic amines is 1. The van der Waals surface area contributed by atoms with E-state index < -0.39 is 0 Å². The van der Waals surface area contributed by atoms with E-state index >= 15 is 0 Å². The summed E-state index contributed by atoms with van der Waals surface area (Å²) >= 11 is 2.07. The number of aromatic nitrogens is 2. The number of hydrogen-bond acceptors (Lipinski definition) is 3. The third kappa shape index (κ3) is 1.66. The molecule has 0 bridgehead atoms. The maximum Gasteiger partial charge on any atom is 0.262 e. The molecule has 2 aromatic heterocycles. The largest absolute Gasteiger partial charge is 0.431 e. The van der Waals surface area contributed by atoms with Gasteiger partial charge in [-0.2, -0.15) is 0 Å². The highest BCUT2D eigenvalue weighted by molar-refractivity contribution is 14.1. The van der Waals surface area contributed by atoms with E-state index in [-0.39, 0.29) is 5.56 Å². The summed E-state index contributed by atoms with van der Waals surface area (Å²) in [4.78, 5) is 18.4. The van der Waals surface area contributed by atoms with Crippen molar-refractivity contribution in [3.05, 3.63) is 50.8 Å². The standard InChI is InChI=1S/C12H7IN2O2/c13-10-8(7-4-2-1-3-5-7)9-11(16)14-6-15-12(9)17-10/h1-6H,(H,14,15,16). The minimum atomic E-state index is -0.180. The lowest BCUT2D eigenvalue weighted by molar-refractivity contribution is 0.573. The topological polar surface area (TPSA) is 58.9 Å². The molecule has 0 aliphatic rings. The fourth-order valence-electron chi connectivity index (χ4n) is 1.78. The van der Waals surface area contributed by atoms with E-state index in [0.29, 0.717) is 14.9 Å². The van der Waals surface area contributed by atoms with Crippen LogP contribution in [0.15, 0.2) is 45.9 Å². The number of nitrogens with one attached hydrogen (secondary N) is 1. The predicted octanol–water partition coefficient (Wildman–Crippen LogP) is 2.79. The van der Waals surface area contributed by atoms with Gasteiger partial charge in [-0.05, 0) is 5.56 Å². The highest BCUT2D eigenvalue weighted by atomic mass is 127. The third-order valence-electron chi connectivity index (χ3n) is 2.51. The smallest absolute Gasteiger partial charge is 0.262 e. The summed E-state index contributed by atoms with van der Waals surface area (Å²) in [6.07, 6.45) is 1.35. The molecule has 1 aromatic carbocycles. The van der Waals surface area contributed by atoms with E-state index in [4.69, 9.17) is 4.42 Å². The van der Waals surface area contributed by atoms with Gasteiger partial charge in [0.25, 0.3) is 5.56 Å². The van der Waals surface area contributed by atoms with Gasteiger partial charge in [0.15, 0.2) is 3.77 Å². The number of fused-ring (bicyclic) bond motifs is 1. The molecule has 0 amide bonds. The second-order valence-corrected chi connectivity index (χ2v) is 4.51. The maximum atomic E-state index is 11.8. The molecule has 0 saturated heterocycles. The van der Waals surface area contributed by atoms with Crippen molar-refractivity contribution in [3.8, 4) is 11.1 Å². The average Bonchev–Trinajstić information content (AvgIpc) is 2.68. The first-order chi connectivity index (χ1) is 8.27. The molecule has 0 spiro atoms. The van der Waals surface area contributed by atoms with Crippen molar-refractivity contribution in [2.24, 2.45) is 0 Å². The zero-order valence-electron chi connectivity index (χ0n) is 8.61. The Balaban J connectivity index is 2.44. The Morgan fingerprint density at radius 1 is 1.24 bits per heavy atom. The van der Waals surface area contributed by atoms with Crippen molar-refractivity contribution in [3.63, 3.8) is 0 Å². The Morgan fingerprint density at radius 2 is 2.00 bits per heavy atom. The molecule has 5 heteroatoms. The summed E-state index contributed by atoms with van der Waals surface area (Å²) in [5.41, 5.74) is 1.95. The lowest BCUT2D eigenvalue weighted by Gasteiger charge is -1.97. The van der Waals surface area contributed by atoms with Crippen LogP contribution in [0.25, 0.3) is 22.2 Å². The van der Waals surface area contributed by atoms with Gasteiger partial charge in [-0.3, -0.25) is 4.79 Å². The van der Waals surface area contributed by atoms with E-state index in [1.807, 2.05) is 30.3 Å². The first-order valence-corrected chi connectivity index (χ1v) is 6.06. The van der Waals surface area contributed by atoms with Gasteiger partial charge >= 0.3 is 0 Å². The first-order valence-electron chi connectivity index (χ1n) is 4.98. The number of rotatable bonds is 1. The Labute approximate surface area is 110 Å². The lowest BCUT2D eigenvalue weighted by atomic mass is 10.1. The molecule has 0 fully saturated rings. The fourth-order valence-corrected chi connectivity index (χ4v) is 2.57. The van der Waals surface area contributed by atoms with Crippen LogP contribution in [0.2, 0.25) is 0 Å². The van der Waals surface area contributed by atoms with E-state index in [0.717, 1.165) is 11.1 Å². The molecule has 3 rings (SSSR count). The van der Waals surface area contributed by atoms with Crippen molar-refractivity contribution < 1.29 is 4.42 Å². The molecular formula is C12H7IN2O2. The number of benzene rings is 1. The van der Waals surface area contributed by atoms with Crippen LogP contribution in [0.3, 0.4) is 0 Å². The summed E-state index contributed by atoms with van der Waals surface area (Å²) in [6, 6.07) is 9.67. The van der Waals surface area contributed by atoms with Gasteiger partial charge in [0, 0.05) is 28.2 Å². The number of nitrogens with zero attached hydrogens (tertiary/aromatic N) is 1. The van der Waals surface area contributed by atoms with Crippen LogP contribution in [0, 0.1) is 3.77 Å². The summed E-state index contributed by atoms with van der Waals surface area (Å²) in [5, 5.41) is 0.503. The molecule has 0 atom stereocenters. The molecular weight excluding hydrogens is 331 g/mol. The van der Waals surface area contributed by atoms with Crippen LogP contribution in [0.4, 0.5) is 0 Å².